The van der Waals surface area contributed by atoms with Gasteiger partial charge in [0.1, 0.15) is 5.01 Å². The predicted octanol–water partition coefficient (Wildman–Crippen LogP) is 3.77. The third-order valence-corrected chi connectivity index (χ3v) is 4.40. The van der Waals surface area contributed by atoms with Gasteiger partial charge in [-0.2, -0.15) is 0 Å². The Kier molecular flexibility index (Phi) is 3.84. The highest BCUT2D eigenvalue weighted by Gasteiger charge is 2.13. The van der Waals surface area contributed by atoms with Gasteiger partial charge in [0.15, 0.2) is 0 Å². The second-order valence-corrected chi connectivity index (χ2v) is 7.52. The van der Waals surface area contributed by atoms with Crippen LogP contribution in [-0.2, 0) is 6.54 Å². The van der Waals surface area contributed by atoms with E-state index in [1.54, 1.807) is 22.7 Å². The smallest absolute Gasteiger partial charge is 0.107 e. The standard InChI is InChI=1S/C13H19N3S2/c1-8-12(18-9(2)15-8)10-7-17-11(16-10)6-14-13(3,4)5/h7,14H,6H2,1-5H3. The maximum atomic E-state index is 4.68. The number of aryl methyl sites for hydroxylation is 2. The molecule has 98 valence electrons. The molecule has 0 saturated carbocycles. The van der Waals surface area contributed by atoms with E-state index in [0.29, 0.717) is 0 Å². The van der Waals surface area contributed by atoms with Gasteiger partial charge in [0.25, 0.3) is 0 Å². The van der Waals surface area contributed by atoms with E-state index in [4.69, 9.17) is 0 Å². The summed E-state index contributed by atoms with van der Waals surface area (Å²) in [6, 6.07) is 0. The first-order valence-corrected chi connectivity index (χ1v) is 7.68. The number of hydrogen-bond acceptors (Lipinski definition) is 5. The Bertz CT molecular complexity index is 535. The molecule has 3 nitrogen and oxygen atoms in total. The second-order valence-electron chi connectivity index (χ2n) is 5.38. The number of nitrogens with one attached hydrogen (secondary N) is 1. The van der Waals surface area contributed by atoms with Gasteiger partial charge in [0, 0.05) is 17.5 Å². The first-order valence-electron chi connectivity index (χ1n) is 5.99. The van der Waals surface area contributed by atoms with Gasteiger partial charge < -0.3 is 5.32 Å². The van der Waals surface area contributed by atoms with Crippen LogP contribution in [0.1, 0.15) is 36.5 Å². The van der Waals surface area contributed by atoms with Crippen LogP contribution >= 0.6 is 22.7 Å². The van der Waals surface area contributed by atoms with Crippen molar-refractivity contribution >= 4 is 22.7 Å². The first kappa shape index (κ1) is 13.6. The van der Waals surface area contributed by atoms with E-state index in [2.05, 4.69) is 41.4 Å². The number of aromatic nitrogens is 2. The Hall–Kier alpha value is -0.780. The Labute approximate surface area is 116 Å². The van der Waals surface area contributed by atoms with Crippen LogP contribution in [0.25, 0.3) is 10.6 Å². The summed E-state index contributed by atoms with van der Waals surface area (Å²) in [5.74, 6) is 0. The summed E-state index contributed by atoms with van der Waals surface area (Å²) in [6.07, 6.45) is 0. The fourth-order valence-electron chi connectivity index (χ4n) is 1.61. The Morgan fingerprint density at radius 1 is 1.22 bits per heavy atom. The highest BCUT2D eigenvalue weighted by molar-refractivity contribution is 7.15. The summed E-state index contributed by atoms with van der Waals surface area (Å²) >= 11 is 3.43. The largest absolute Gasteiger partial charge is 0.306 e. The molecular weight excluding hydrogens is 262 g/mol. The van der Waals surface area contributed by atoms with Gasteiger partial charge in [-0.3, -0.25) is 0 Å². The molecule has 0 unspecified atom stereocenters. The van der Waals surface area contributed by atoms with E-state index < -0.39 is 0 Å². The highest BCUT2D eigenvalue weighted by atomic mass is 32.1. The van der Waals surface area contributed by atoms with Crippen LogP contribution in [0.4, 0.5) is 0 Å². The summed E-state index contributed by atoms with van der Waals surface area (Å²) in [5.41, 5.74) is 2.27. The molecule has 0 aliphatic rings. The van der Waals surface area contributed by atoms with Crippen LogP contribution in [0, 0.1) is 13.8 Å². The minimum absolute atomic E-state index is 0.128. The molecule has 2 aromatic heterocycles. The molecule has 0 aliphatic carbocycles. The van der Waals surface area contributed by atoms with Crippen molar-refractivity contribution in [2.24, 2.45) is 0 Å². The molecule has 18 heavy (non-hydrogen) atoms. The third-order valence-electron chi connectivity index (χ3n) is 2.46. The molecule has 2 aromatic rings. The van der Waals surface area contributed by atoms with Gasteiger partial charge in [-0.15, -0.1) is 22.7 Å². The molecule has 2 rings (SSSR count). The monoisotopic (exact) mass is 281 g/mol. The Morgan fingerprint density at radius 2 is 1.94 bits per heavy atom. The van der Waals surface area contributed by atoms with Crippen LogP contribution in [0.3, 0.4) is 0 Å². The molecule has 0 saturated heterocycles. The number of nitrogens with zero attached hydrogens (tertiary/aromatic N) is 2. The lowest BCUT2D eigenvalue weighted by Crippen LogP contribution is -2.34. The topological polar surface area (TPSA) is 37.8 Å². The fourth-order valence-corrected chi connectivity index (χ4v) is 3.29. The molecule has 0 spiro atoms. The number of hydrogen-bond donors (Lipinski definition) is 1. The molecule has 0 aliphatic heterocycles. The molecular formula is C13H19N3S2. The lowest BCUT2D eigenvalue weighted by atomic mass is 10.1. The van der Waals surface area contributed by atoms with Crippen molar-refractivity contribution in [3.63, 3.8) is 0 Å². The van der Waals surface area contributed by atoms with E-state index >= 15 is 0 Å². The molecule has 0 amide bonds. The molecule has 0 radical (unpaired) electrons. The molecule has 0 fully saturated rings. The minimum Gasteiger partial charge on any atom is -0.306 e. The summed E-state index contributed by atoms with van der Waals surface area (Å²) in [5, 5.41) is 7.81. The number of rotatable bonds is 3. The van der Waals surface area contributed by atoms with E-state index in [9.17, 15) is 0 Å². The molecule has 5 heteroatoms. The average molecular weight is 281 g/mol. The van der Waals surface area contributed by atoms with Crippen LogP contribution in [0.5, 0.6) is 0 Å². The van der Waals surface area contributed by atoms with Gasteiger partial charge in [-0.1, -0.05) is 0 Å². The molecule has 0 bridgehead atoms. The van der Waals surface area contributed by atoms with Crippen LogP contribution in [-0.4, -0.2) is 15.5 Å². The summed E-state index contributed by atoms with van der Waals surface area (Å²) in [7, 11) is 0. The van der Waals surface area contributed by atoms with E-state index in [1.165, 1.54) is 4.88 Å². The molecule has 0 aromatic carbocycles. The highest BCUT2D eigenvalue weighted by Crippen LogP contribution is 2.30. The van der Waals surface area contributed by atoms with Crippen molar-refractivity contribution in [2.45, 2.75) is 46.7 Å². The van der Waals surface area contributed by atoms with Gasteiger partial charge in [-0.25, -0.2) is 9.97 Å². The third kappa shape index (κ3) is 3.37. The average Bonchev–Trinajstić information content (AvgIpc) is 2.81. The zero-order chi connectivity index (χ0) is 13.3. The maximum absolute atomic E-state index is 4.68. The zero-order valence-corrected chi connectivity index (χ0v) is 13.1. The van der Waals surface area contributed by atoms with Crippen molar-refractivity contribution in [1.29, 1.82) is 0 Å². The fraction of sp³-hybridized carbons (Fsp3) is 0.538. The summed E-state index contributed by atoms with van der Waals surface area (Å²) in [4.78, 5) is 10.3. The summed E-state index contributed by atoms with van der Waals surface area (Å²) in [6.45, 7) is 11.4. The lowest BCUT2D eigenvalue weighted by Gasteiger charge is -2.19. The van der Waals surface area contributed by atoms with Crippen molar-refractivity contribution in [1.82, 2.24) is 15.3 Å². The maximum Gasteiger partial charge on any atom is 0.107 e. The second kappa shape index (κ2) is 5.07. The van der Waals surface area contributed by atoms with Gasteiger partial charge in [0.05, 0.1) is 21.3 Å². The SMILES string of the molecule is Cc1nc(C)c(-c2csc(CNC(C)(C)C)n2)s1. The van der Waals surface area contributed by atoms with Gasteiger partial charge >= 0.3 is 0 Å². The van der Waals surface area contributed by atoms with Crippen molar-refractivity contribution in [3.05, 3.63) is 21.1 Å². The number of thiazole rings is 2. The van der Waals surface area contributed by atoms with Crippen LogP contribution in [0.2, 0.25) is 0 Å². The quantitative estimate of drug-likeness (QED) is 0.930. The molecule has 2 heterocycles. The summed E-state index contributed by atoms with van der Waals surface area (Å²) < 4.78 is 0. The van der Waals surface area contributed by atoms with Gasteiger partial charge in [-0.05, 0) is 34.6 Å². The van der Waals surface area contributed by atoms with Crippen molar-refractivity contribution in [3.8, 4) is 10.6 Å². The van der Waals surface area contributed by atoms with Crippen LogP contribution < -0.4 is 5.32 Å². The first-order chi connectivity index (χ1) is 8.35. The van der Waals surface area contributed by atoms with E-state index in [1.807, 2.05) is 13.8 Å². The minimum atomic E-state index is 0.128. The van der Waals surface area contributed by atoms with Crippen LogP contribution in [0.15, 0.2) is 5.38 Å². The zero-order valence-electron chi connectivity index (χ0n) is 11.5. The predicted molar refractivity (Wildman–Crippen MR) is 79.3 cm³/mol. The normalized spacial score (nSPS) is 12.1. The molecule has 0 atom stereocenters. The van der Waals surface area contributed by atoms with Gasteiger partial charge in [0.2, 0.25) is 0 Å². The Morgan fingerprint density at radius 3 is 2.50 bits per heavy atom. The van der Waals surface area contributed by atoms with Crippen molar-refractivity contribution in [2.75, 3.05) is 0 Å². The lowest BCUT2D eigenvalue weighted by molar-refractivity contribution is 0.424. The Balaban J connectivity index is 2.13. The van der Waals surface area contributed by atoms with Crippen molar-refractivity contribution < 1.29 is 0 Å². The van der Waals surface area contributed by atoms with E-state index in [0.717, 1.165) is 27.9 Å². The van der Waals surface area contributed by atoms with E-state index in [-0.39, 0.29) is 5.54 Å². The molecule has 1 N–H and O–H groups in total.